The van der Waals surface area contributed by atoms with E-state index in [0.29, 0.717) is 30.0 Å². The van der Waals surface area contributed by atoms with Crippen LogP contribution in [0.25, 0.3) is 10.4 Å². The molecule has 120 valence electrons. The van der Waals surface area contributed by atoms with Crippen molar-refractivity contribution in [1.29, 1.82) is 0 Å². The van der Waals surface area contributed by atoms with Crippen LogP contribution < -0.4 is 5.32 Å². The van der Waals surface area contributed by atoms with Crippen molar-refractivity contribution in [1.82, 2.24) is 10.2 Å². The van der Waals surface area contributed by atoms with E-state index < -0.39 is 0 Å². The molecule has 2 heterocycles. The van der Waals surface area contributed by atoms with Gasteiger partial charge in [0, 0.05) is 41.3 Å². The zero-order chi connectivity index (χ0) is 16.4. The van der Waals surface area contributed by atoms with E-state index in [1.165, 1.54) is 11.3 Å². The van der Waals surface area contributed by atoms with E-state index in [1.54, 1.807) is 11.9 Å². The van der Waals surface area contributed by atoms with Crippen LogP contribution in [0, 0.1) is 0 Å². The molecular weight excluding hydrogens is 332 g/mol. The lowest BCUT2D eigenvalue weighted by molar-refractivity contribution is -0.132. The smallest absolute Gasteiger partial charge is 0.252 e. The number of carbonyl (C=O) groups excluding carboxylic acids is 2. The summed E-state index contributed by atoms with van der Waals surface area (Å²) >= 11 is 7.43. The molecule has 3 rings (SSSR count). The van der Waals surface area contributed by atoms with Crippen LogP contribution in [0.4, 0.5) is 0 Å². The van der Waals surface area contributed by atoms with Crippen molar-refractivity contribution in [2.75, 3.05) is 13.6 Å². The maximum absolute atomic E-state index is 12.4. The molecule has 2 aromatic rings. The Morgan fingerprint density at radius 3 is 2.78 bits per heavy atom. The van der Waals surface area contributed by atoms with Gasteiger partial charge in [0.2, 0.25) is 5.91 Å². The molecule has 0 bridgehead atoms. The second-order valence-corrected chi connectivity index (χ2v) is 7.04. The largest absolute Gasteiger partial charge is 0.347 e. The maximum atomic E-state index is 12.4. The molecule has 1 aromatic heterocycles. The van der Waals surface area contributed by atoms with Gasteiger partial charge in [-0.15, -0.1) is 11.3 Å². The van der Waals surface area contributed by atoms with Gasteiger partial charge in [0.15, 0.2) is 0 Å². The van der Waals surface area contributed by atoms with Crippen molar-refractivity contribution in [3.63, 3.8) is 0 Å². The van der Waals surface area contributed by atoms with Gasteiger partial charge in [-0.3, -0.25) is 9.59 Å². The SMILES string of the molecule is CN1CC(NC(=O)c2csc(-c3ccc(Cl)cc3)c2)CCC1=O. The van der Waals surface area contributed by atoms with Crippen LogP contribution in [0.1, 0.15) is 23.2 Å². The van der Waals surface area contributed by atoms with Crippen LogP contribution in [0.15, 0.2) is 35.7 Å². The zero-order valence-corrected chi connectivity index (χ0v) is 14.3. The zero-order valence-electron chi connectivity index (χ0n) is 12.7. The molecule has 1 aromatic carbocycles. The highest BCUT2D eigenvalue weighted by Gasteiger charge is 2.24. The molecule has 0 saturated carbocycles. The highest BCUT2D eigenvalue weighted by Crippen LogP contribution is 2.28. The minimum Gasteiger partial charge on any atom is -0.347 e. The monoisotopic (exact) mass is 348 g/mol. The van der Waals surface area contributed by atoms with E-state index in [9.17, 15) is 9.59 Å². The van der Waals surface area contributed by atoms with E-state index in [0.717, 1.165) is 10.4 Å². The van der Waals surface area contributed by atoms with Crippen molar-refractivity contribution in [2.45, 2.75) is 18.9 Å². The minimum atomic E-state index is -0.0887. The third-order valence-corrected chi connectivity index (χ3v) is 5.18. The lowest BCUT2D eigenvalue weighted by atomic mass is 10.1. The molecule has 1 aliphatic heterocycles. The molecule has 4 nitrogen and oxygen atoms in total. The summed E-state index contributed by atoms with van der Waals surface area (Å²) < 4.78 is 0. The standard InChI is InChI=1S/C17H17ClN2O2S/c1-20-9-14(6-7-16(20)21)19-17(22)12-8-15(23-10-12)11-2-4-13(18)5-3-11/h2-5,8,10,14H,6-7,9H2,1H3,(H,19,22). The van der Waals surface area contributed by atoms with Crippen molar-refractivity contribution < 1.29 is 9.59 Å². The Kier molecular flexibility index (Phi) is 4.68. The highest BCUT2D eigenvalue weighted by molar-refractivity contribution is 7.13. The van der Waals surface area contributed by atoms with Crippen LogP contribution in [0.2, 0.25) is 5.02 Å². The topological polar surface area (TPSA) is 49.4 Å². The number of carbonyl (C=O) groups is 2. The number of benzene rings is 1. The summed E-state index contributed by atoms with van der Waals surface area (Å²) in [5.74, 6) is 0.0465. The molecule has 0 spiro atoms. The Labute approximate surface area is 144 Å². The fourth-order valence-electron chi connectivity index (χ4n) is 2.62. The van der Waals surface area contributed by atoms with Crippen molar-refractivity contribution in [3.8, 4) is 10.4 Å². The average Bonchev–Trinajstić information content (AvgIpc) is 3.02. The van der Waals surface area contributed by atoms with E-state index in [1.807, 2.05) is 35.7 Å². The molecular formula is C17H17ClN2O2S. The van der Waals surface area contributed by atoms with E-state index >= 15 is 0 Å². The Hall–Kier alpha value is -1.85. The van der Waals surface area contributed by atoms with E-state index in [-0.39, 0.29) is 17.9 Å². The van der Waals surface area contributed by atoms with Gasteiger partial charge < -0.3 is 10.2 Å². The van der Waals surface area contributed by atoms with Crippen LogP contribution in [0.5, 0.6) is 0 Å². The number of thiophene rings is 1. The van der Waals surface area contributed by atoms with E-state index in [4.69, 9.17) is 11.6 Å². The lowest BCUT2D eigenvalue weighted by Crippen LogP contribution is -2.48. The van der Waals surface area contributed by atoms with Gasteiger partial charge in [0.25, 0.3) is 5.91 Å². The van der Waals surface area contributed by atoms with Crippen LogP contribution >= 0.6 is 22.9 Å². The average molecular weight is 349 g/mol. The van der Waals surface area contributed by atoms with Crippen molar-refractivity contribution in [3.05, 3.63) is 46.3 Å². The molecule has 0 radical (unpaired) electrons. The number of nitrogens with zero attached hydrogens (tertiary/aromatic N) is 1. The van der Waals surface area contributed by atoms with Gasteiger partial charge in [-0.2, -0.15) is 0 Å². The van der Waals surface area contributed by atoms with Crippen molar-refractivity contribution >= 4 is 34.8 Å². The molecule has 2 amide bonds. The number of likely N-dealkylation sites (tertiary alicyclic amines) is 1. The summed E-state index contributed by atoms with van der Waals surface area (Å²) in [7, 11) is 1.77. The highest BCUT2D eigenvalue weighted by atomic mass is 35.5. The Morgan fingerprint density at radius 1 is 1.35 bits per heavy atom. The summed E-state index contributed by atoms with van der Waals surface area (Å²) in [6, 6.07) is 9.47. The fourth-order valence-corrected chi connectivity index (χ4v) is 3.64. The Balaban J connectivity index is 1.67. The first-order valence-electron chi connectivity index (χ1n) is 7.42. The van der Waals surface area contributed by atoms with Crippen LogP contribution in [-0.4, -0.2) is 36.3 Å². The second kappa shape index (κ2) is 6.72. The summed E-state index contributed by atoms with van der Waals surface area (Å²) in [5.41, 5.74) is 1.70. The van der Waals surface area contributed by atoms with Crippen LogP contribution in [0.3, 0.4) is 0 Å². The number of hydrogen-bond donors (Lipinski definition) is 1. The molecule has 1 saturated heterocycles. The molecule has 1 unspecified atom stereocenters. The first kappa shape index (κ1) is 16.0. The minimum absolute atomic E-state index is 0.0177. The number of hydrogen-bond acceptors (Lipinski definition) is 3. The molecule has 1 atom stereocenters. The molecule has 1 N–H and O–H groups in total. The normalized spacial score (nSPS) is 18.1. The Morgan fingerprint density at radius 2 is 2.09 bits per heavy atom. The van der Waals surface area contributed by atoms with Gasteiger partial charge in [-0.05, 0) is 30.2 Å². The quantitative estimate of drug-likeness (QED) is 0.924. The van der Waals surface area contributed by atoms with Gasteiger partial charge >= 0.3 is 0 Å². The number of likely N-dealkylation sites (N-methyl/N-ethyl adjacent to an activating group) is 1. The molecule has 6 heteroatoms. The van der Waals surface area contributed by atoms with Crippen LogP contribution in [-0.2, 0) is 4.79 Å². The molecule has 1 fully saturated rings. The predicted molar refractivity (Wildman–Crippen MR) is 92.9 cm³/mol. The van der Waals surface area contributed by atoms with Gasteiger partial charge in [-0.1, -0.05) is 23.7 Å². The molecule has 23 heavy (non-hydrogen) atoms. The third-order valence-electron chi connectivity index (χ3n) is 3.95. The van der Waals surface area contributed by atoms with Gasteiger partial charge in [0.1, 0.15) is 0 Å². The van der Waals surface area contributed by atoms with Gasteiger partial charge in [-0.25, -0.2) is 0 Å². The maximum Gasteiger partial charge on any atom is 0.252 e. The van der Waals surface area contributed by atoms with Crippen molar-refractivity contribution in [2.24, 2.45) is 0 Å². The number of nitrogens with one attached hydrogen (secondary N) is 1. The lowest BCUT2D eigenvalue weighted by Gasteiger charge is -2.30. The fraction of sp³-hybridized carbons (Fsp3) is 0.294. The number of amides is 2. The molecule has 0 aliphatic carbocycles. The number of halogens is 1. The Bertz CT molecular complexity index is 726. The van der Waals surface area contributed by atoms with E-state index in [2.05, 4.69) is 5.32 Å². The summed E-state index contributed by atoms with van der Waals surface area (Å²) in [4.78, 5) is 26.6. The summed E-state index contributed by atoms with van der Waals surface area (Å²) in [5, 5.41) is 5.56. The first-order chi connectivity index (χ1) is 11.0. The predicted octanol–water partition coefficient (Wildman–Crippen LogP) is 3.42. The summed E-state index contributed by atoms with van der Waals surface area (Å²) in [6.45, 7) is 0.568. The molecule has 1 aliphatic rings. The summed E-state index contributed by atoms with van der Waals surface area (Å²) in [6.07, 6.45) is 1.18. The number of piperidine rings is 1. The second-order valence-electron chi connectivity index (χ2n) is 5.69. The first-order valence-corrected chi connectivity index (χ1v) is 8.68. The third kappa shape index (κ3) is 3.74. The number of rotatable bonds is 3. The van der Waals surface area contributed by atoms with Gasteiger partial charge in [0.05, 0.1) is 5.56 Å².